The Morgan fingerprint density at radius 1 is 1.07 bits per heavy atom. The largest absolute Gasteiger partial charge is 0.388 e. The summed E-state index contributed by atoms with van der Waals surface area (Å²) < 4.78 is 38.0. The van der Waals surface area contributed by atoms with Gasteiger partial charge in [0, 0.05) is 45.3 Å². The van der Waals surface area contributed by atoms with E-state index in [1.807, 2.05) is 17.0 Å². The molecule has 0 spiro atoms. The number of benzene rings is 1. The number of carbonyl (C=O) groups excluding carboxylic acids is 2. The van der Waals surface area contributed by atoms with E-state index in [4.69, 9.17) is 14.7 Å². The van der Waals surface area contributed by atoms with Gasteiger partial charge in [-0.3, -0.25) is 14.5 Å². The van der Waals surface area contributed by atoms with Crippen LogP contribution in [0.5, 0.6) is 0 Å². The topological polar surface area (TPSA) is 173 Å². The Bertz CT molecular complexity index is 1250. The first kappa shape index (κ1) is 28.9. The number of likely N-dealkylation sites (tertiary alicyclic amines) is 1. The zero-order valence-corrected chi connectivity index (χ0v) is 23.1. The zero-order chi connectivity index (χ0) is 28.6. The number of amides is 2. The summed E-state index contributed by atoms with van der Waals surface area (Å²) in [5, 5.41) is 33.2. The molecule has 1 aromatic rings. The fraction of sp³-hybridized carbons (Fsp3) is 0.654. The number of sulfonamides is 1. The van der Waals surface area contributed by atoms with E-state index in [0.29, 0.717) is 31.6 Å². The first-order chi connectivity index (χ1) is 19.0. The number of ether oxygens (including phenoxy) is 2. The summed E-state index contributed by atoms with van der Waals surface area (Å²) in [5.74, 6) is -0.516. The van der Waals surface area contributed by atoms with Gasteiger partial charge in [0.15, 0.2) is 0 Å². The third-order valence-corrected chi connectivity index (χ3v) is 9.32. The van der Waals surface area contributed by atoms with Crippen molar-refractivity contribution in [2.24, 2.45) is 0 Å². The van der Waals surface area contributed by atoms with Gasteiger partial charge in [-0.05, 0) is 24.1 Å². The minimum absolute atomic E-state index is 0.0569. The number of hydrogen-bond donors (Lipinski definition) is 3. The lowest BCUT2D eigenvalue weighted by Crippen LogP contribution is -2.55. The van der Waals surface area contributed by atoms with Gasteiger partial charge in [-0.15, -0.1) is 0 Å². The highest BCUT2D eigenvalue weighted by Crippen LogP contribution is 2.28. The predicted molar refractivity (Wildman–Crippen MR) is 140 cm³/mol. The first-order valence-corrected chi connectivity index (χ1v) is 15.3. The number of nitriles is 1. The van der Waals surface area contributed by atoms with Crippen LogP contribution in [0.2, 0.25) is 0 Å². The van der Waals surface area contributed by atoms with Gasteiger partial charge in [0.05, 0.1) is 49.2 Å². The van der Waals surface area contributed by atoms with Crippen molar-refractivity contribution in [3.8, 4) is 6.07 Å². The Morgan fingerprint density at radius 3 is 2.50 bits per heavy atom. The zero-order valence-electron chi connectivity index (χ0n) is 22.3. The normalized spacial score (nSPS) is 34.5. The highest BCUT2D eigenvalue weighted by atomic mass is 32.2. The quantitative estimate of drug-likeness (QED) is 0.365. The van der Waals surface area contributed by atoms with Gasteiger partial charge in [-0.2, -0.15) is 9.57 Å². The predicted octanol–water partition coefficient (Wildman–Crippen LogP) is -2.00. The second-order valence-electron chi connectivity index (χ2n) is 11.0. The smallest absolute Gasteiger partial charge is 0.240 e. The Balaban J connectivity index is 1.42. The van der Waals surface area contributed by atoms with Crippen LogP contribution < -0.4 is 5.32 Å². The highest BCUT2D eigenvalue weighted by Gasteiger charge is 2.46. The van der Waals surface area contributed by atoms with Gasteiger partial charge in [0.1, 0.15) is 18.3 Å². The summed E-state index contributed by atoms with van der Waals surface area (Å²) in [6, 6.07) is 8.35. The van der Waals surface area contributed by atoms with Crippen LogP contribution in [0.4, 0.5) is 0 Å². The third kappa shape index (κ3) is 6.31. The molecule has 0 aliphatic carbocycles. The number of nitrogens with zero attached hydrogens (tertiary/aromatic N) is 4. The number of hydrogen-bond acceptors (Lipinski definition) is 10. The average Bonchev–Trinajstić information content (AvgIpc) is 3.42. The van der Waals surface area contributed by atoms with E-state index in [1.165, 1.54) is 0 Å². The van der Waals surface area contributed by atoms with E-state index >= 15 is 0 Å². The molecule has 218 valence electrons. The lowest BCUT2D eigenvalue weighted by atomic mass is 10.0. The fourth-order valence-electron chi connectivity index (χ4n) is 5.99. The summed E-state index contributed by atoms with van der Waals surface area (Å²) in [5.41, 5.74) is 1.45. The minimum Gasteiger partial charge on any atom is -0.388 e. The van der Waals surface area contributed by atoms with Crippen LogP contribution in [0.1, 0.15) is 24.0 Å². The molecule has 1 aromatic carbocycles. The van der Waals surface area contributed by atoms with Gasteiger partial charge in [0.25, 0.3) is 0 Å². The second-order valence-corrected chi connectivity index (χ2v) is 13.0. The van der Waals surface area contributed by atoms with Gasteiger partial charge >= 0.3 is 0 Å². The SMILES string of the molecule is CS(=O)(=O)N1C[C@@H]2CN(CCO2)C(=O)[C@@H]2C[C@@H](CN2Cc2ccc(C#N)cc2)NC(=O)C[C@@H]2O[C@H](C1)[C@@H](O)[C@H]2O. The summed E-state index contributed by atoms with van der Waals surface area (Å²) in [6.45, 7) is 1.33. The number of morpholine rings is 1. The van der Waals surface area contributed by atoms with Crippen molar-refractivity contribution in [3.63, 3.8) is 0 Å². The molecule has 0 saturated carbocycles. The van der Waals surface area contributed by atoms with Crippen molar-refractivity contribution in [2.45, 2.75) is 62.0 Å². The molecule has 0 radical (unpaired) electrons. The van der Waals surface area contributed by atoms with Crippen LogP contribution in [0, 0.1) is 11.3 Å². The van der Waals surface area contributed by atoms with Crippen LogP contribution in [0.15, 0.2) is 24.3 Å². The van der Waals surface area contributed by atoms with E-state index in [0.717, 1.165) is 16.1 Å². The van der Waals surface area contributed by atoms with Gasteiger partial charge < -0.3 is 29.9 Å². The van der Waals surface area contributed by atoms with Crippen molar-refractivity contribution < 1.29 is 37.7 Å². The Hall–Kier alpha value is -2.64. The second kappa shape index (κ2) is 11.7. The Labute approximate surface area is 233 Å². The maximum Gasteiger partial charge on any atom is 0.240 e. The lowest BCUT2D eigenvalue weighted by Gasteiger charge is -2.38. The molecule has 2 amide bonds. The summed E-state index contributed by atoms with van der Waals surface area (Å²) >= 11 is 0. The maximum absolute atomic E-state index is 13.8. The summed E-state index contributed by atoms with van der Waals surface area (Å²) in [7, 11) is -3.76. The molecule has 6 bridgehead atoms. The third-order valence-electron chi connectivity index (χ3n) is 8.08. The van der Waals surface area contributed by atoms with Crippen LogP contribution in [-0.2, 0) is 35.6 Å². The molecule has 0 unspecified atom stereocenters. The van der Waals surface area contributed by atoms with E-state index < -0.39 is 52.5 Å². The molecule has 4 aliphatic heterocycles. The number of aliphatic hydroxyl groups is 2. The number of aliphatic hydroxyl groups excluding tert-OH is 2. The molecule has 4 heterocycles. The first-order valence-electron chi connectivity index (χ1n) is 13.4. The highest BCUT2D eigenvalue weighted by molar-refractivity contribution is 7.88. The van der Waals surface area contributed by atoms with Crippen molar-refractivity contribution in [1.82, 2.24) is 19.4 Å². The molecular formula is C26H35N5O8S. The lowest BCUT2D eigenvalue weighted by molar-refractivity contribution is -0.144. The van der Waals surface area contributed by atoms with Crippen molar-refractivity contribution >= 4 is 21.8 Å². The standard InChI is InChI=1S/C26H35N5O8S/c1-40(36,37)31-14-19-13-29(6-7-38-19)26(35)20-8-18(12-30(20)11-17-4-2-16(10-27)3-5-17)28-23(32)9-21-24(33)25(34)22(15-31)39-21/h2-5,18-22,24-25,33-34H,6-9,11-15H2,1H3,(H,28,32)/t18-,19-,20-,21-,22+,24-,25+/m0/s1. The van der Waals surface area contributed by atoms with E-state index in [-0.39, 0.29) is 44.6 Å². The molecule has 0 aromatic heterocycles. The van der Waals surface area contributed by atoms with Crippen LogP contribution >= 0.6 is 0 Å². The molecule has 13 nitrogen and oxygen atoms in total. The van der Waals surface area contributed by atoms with Crippen molar-refractivity contribution in [1.29, 1.82) is 5.26 Å². The fourth-order valence-corrected chi connectivity index (χ4v) is 6.84. The number of rotatable bonds is 3. The molecule has 7 atom stereocenters. The van der Waals surface area contributed by atoms with Crippen LogP contribution in [0.3, 0.4) is 0 Å². The maximum atomic E-state index is 13.8. The molecule has 40 heavy (non-hydrogen) atoms. The monoisotopic (exact) mass is 577 g/mol. The van der Waals surface area contributed by atoms with Crippen molar-refractivity contribution in [2.75, 3.05) is 45.6 Å². The molecule has 4 aliphatic rings. The molecule has 4 saturated heterocycles. The van der Waals surface area contributed by atoms with E-state index in [1.54, 1.807) is 17.0 Å². The Morgan fingerprint density at radius 2 is 1.80 bits per heavy atom. The van der Waals surface area contributed by atoms with E-state index in [9.17, 15) is 28.2 Å². The summed E-state index contributed by atoms with van der Waals surface area (Å²) in [6.07, 6.45) is -4.18. The summed E-state index contributed by atoms with van der Waals surface area (Å²) in [4.78, 5) is 30.5. The van der Waals surface area contributed by atoms with Crippen molar-refractivity contribution in [3.05, 3.63) is 35.4 Å². The van der Waals surface area contributed by atoms with Gasteiger partial charge in [-0.25, -0.2) is 8.42 Å². The molecule has 14 heteroatoms. The number of carbonyl (C=O) groups is 2. The number of nitrogens with one attached hydrogen (secondary N) is 1. The van der Waals surface area contributed by atoms with Gasteiger partial charge in [-0.1, -0.05) is 12.1 Å². The van der Waals surface area contributed by atoms with Crippen LogP contribution in [0.25, 0.3) is 0 Å². The minimum atomic E-state index is -3.76. The van der Waals surface area contributed by atoms with E-state index in [2.05, 4.69) is 11.4 Å². The molecule has 5 rings (SSSR count). The molecule has 4 fully saturated rings. The Kier molecular flexibility index (Phi) is 8.44. The number of fused-ring (bicyclic) bond motifs is 6. The molecule has 3 N–H and O–H groups in total. The van der Waals surface area contributed by atoms with Gasteiger partial charge in [0.2, 0.25) is 21.8 Å². The molecular weight excluding hydrogens is 542 g/mol. The van der Waals surface area contributed by atoms with Crippen LogP contribution in [-0.4, -0.2) is 133 Å². The average molecular weight is 578 g/mol.